The lowest BCUT2D eigenvalue weighted by Crippen LogP contribution is -2.45. The first-order valence-electron chi connectivity index (χ1n) is 5.87. The van der Waals surface area contributed by atoms with Gasteiger partial charge in [-0.3, -0.25) is 4.79 Å². The number of hydrogen-bond acceptors (Lipinski definition) is 3. The summed E-state index contributed by atoms with van der Waals surface area (Å²) in [6, 6.07) is 0. The summed E-state index contributed by atoms with van der Waals surface area (Å²) in [4.78, 5) is 11.5. The molecule has 0 aromatic rings. The maximum Gasteiger partial charge on any atom is 0.214 e. The van der Waals surface area contributed by atoms with E-state index in [0.29, 0.717) is 19.5 Å². The van der Waals surface area contributed by atoms with Gasteiger partial charge in [-0.05, 0) is 12.3 Å². The molecule has 5 heteroatoms. The molecule has 0 spiro atoms. The van der Waals surface area contributed by atoms with Gasteiger partial charge >= 0.3 is 0 Å². The topological polar surface area (TPSA) is 54.5 Å². The van der Waals surface area contributed by atoms with Gasteiger partial charge in [0.15, 0.2) is 0 Å². The third kappa shape index (κ3) is 3.28. The van der Waals surface area contributed by atoms with E-state index in [1.54, 1.807) is 0 Å². The normalized spacial score (nSPS) is 24.0. The first-order chi connectivity index (χ1) is 7.36. The molecule has 0 aromatic carbocycles. The lowest BCUT2D eigenvalue weighted by atomic mass is 9.96. The third-order valence-electron chi connectivity index (χ3n) is 2.92. The average molecular weight is 247 g/mol. The van der Waals surface area contributed by atoms with Crippen LogP contribution in [-0.2, 0) is 14.8 Å². The Morgan fingerprint density at radius 2 is 2.06 bits per heavy atom. The molecule has 1 atom stereocenters. The minimum Gasteiger partial charge on any atom is -0.299 e. The molecule has 1 aliphatic heterocycles. The molecule has 0 aromatic heterocycles. The zero-order valence-corrected chi connectivity index (χ0v) is 11.1. The van der Waals surface area contributed by atoms with Gasteiger partial charge in [-0.15, -0.1) is 0 Å². The number of rotatable bonds is 4. The Kier molecular flexibility index (Phi) is 4.50. The molecule has 94 valence electrons. The predicted molar refractivity (Wildman–Crippen MR) is 63.6 cm³/mol. The van der Waals surface area contributed by atoms with E-state index in [2.05, 4.69) is 0 Å². The molecule has 1 unspecified atom stereocenters. The average Bonchev–Trinajstić information content (AvgIpc) is 2.16. The summed E-state index contributed by atoms with van der Waals surface area (Å²) in [5.74, 6) is 0.411. The number of hydrogen-bond donors (Lipinski definition) is 0. The molecule has 0 aliphatic carbocycles. The minimum absolute atomic E-state index is 0.101. The molecule has 1 aliphatic rings. The van der Waals surface area contributed by atoms with Gasteiger partial charge in [0.25, 0.3) is 0 Å². The van der Waals surface area contributed by atoms with Crippen molar-refractivity contribution in [3.05, 3.63) is 0 Å². The molecule has 0 bridgehead atoms. The van der Waals surface area contributed by atoms with E-state index in [1.165, 1.54) is 4.31 Å². The predicted octanol–water partition coefficient (Wildman–Crippen LogP) is 1.27. The number of nitrogens with zero attached hydrogens (tertiary/aromatic N) is 1. The molecule has 16 heavy (non-hydrogen) atoms. The second kappa shape index (κ2) is 5.27. The van der Waals surface area contributed by atoms with Gasteiger partial charge < -0.3 is 0 Å². The number of sulfonamides is 1. The molecule has 0 radical (unpaired) electrons. The standard InChI is InChI=1S/C11H21NO3S/c1-4-10-7-12(6-5-11(10)13)16(14,15)8-9(2)3/h9-10H,4-8H2,1-3H3. The Morgan fingerprint density at radius 1 is 1.44 bits per heavy atom. The maximum absolute atomic E-state index is 12.0. The van der Waals surface area contributed by atoms with E-state index in [1.807, 2.05) is 20.8 Å². The van der Waals surface area contributed by atoms with Gasteiger partial charge in [-0.2, -0.15) is 0 Å². The Labute approximate surface area is 98.1 Å². The van der Waals surface area contributed by atoms with Crippen LogP contribution >= 0.6 is 0 Å². The number of ketones is 1. The van der Waals surface area contributed by atoms with Crippen LogP contribution in [0.5, 0.6) is 0 Å². The maximum atomic E-state index is 12.0. The quantitative estimate of drug-likeness (QED) is 0.752. The second-order valence-corrected chi connectivity index (χ2v) is 6.87. The first kappa shape index (κ1) is 13.6. The van der Waals surface area contributed by atoms with Gasteiger partial charge in [0.05, 0.1) is 5.75 Å². The molecule has 0 amide bonds. The molecule has 1 saturated heterocycles. The SMILES string of the molecule is CCC1CN(S(=O)(=O)CC(C)C)CCC1=O. The van der Waals surface area contributed by atoms with Crippen LogP contribution in [-0.4, -0.2) is 37.3 Å². The highest BCUT2D eigenvalue weighted by molar-refractivity contribution is 7.89. The van der Waals surface area contributed by atoms with E-state index < -0.39 is 10.0 Å². The summed E-state index contributed by atoms with van der Waals surface area (Å²) < 4.78 is 25.4. The molecular weight excluding hydrogens is 226 g/mol. The van der Waals surface area contributed by atoms with Crippen LogP contribution < -0.4 is 0 Å². The minimum atomic E-state index is -3.17. The highest BCUT2D eigenvalue weighted by Gasteiger charge is 2.32. The van der Waals surface area contributed by atoms with Gasteiger partial charge in [-0.25, -0.2) is 12.7 Å². The largest absolute Gasteiger partial charge is 0.299 e. The molecule has 4 nitrogen and oxygen atoms in total. The molecule has 0 saturated carbocycles. The van der Waals surface area contributed by atoms with Gasteiger partial charge in [0.1, 0.15) is 5.78 Å². The van der Waals surface area contributed by atoms with Crippen molar-refractivity contribution in [2.75, 3.05) is 18.8 Å². The van der Waals surface area contributed by atoms with Crippen molar-refractivity contribution in [1.82, 2.24) is 4.31 Å². The number of carbonyl (C=O) groups excluding carboxylic acids is 1. The van der Waals surface area contributed by atoms with E-state index in [-0.39, 0.29) is 23.4 Å². The smallest absolute Gasteiger partial charge is 0.214 e. The Hall–Kier alpha value is -0.420. The van der Waals surface area contributed by atoms with Crippen molar-refractivity contribution in [2.45, 2.75) is 33.6 Å². The highest BCUT2D eigenvalue weighted by Crippen LogP contribution is 2.20. The van der Waals surface area contributed by atoms with Gasteiger partial charge in [-0.1, -0.05) is 20.8 Å². The van der Waals surface area contributed by atoms with Crippen molar-refractivity contribution in [1.29, 1.82) is 0 Å². The van der Waals surface area contributed by atoms with Crippen molar-refractivity contribution in [3.8, 4) is 0 Å². The first-order valence-corrected chi connectivity index (χ1v) is 7.48. The van der Waals surface area contributed by atoms with Gasteiger partial charge in [0, 0.05) is 25.4 Å². The Balaban J connectivity index is 2.72. The van der Waals surface area contributed by atoms with E-state index in [0.717, 1.165) is 6.42 Å². The fourth-order valence-electron chi connectivity index (χ4n) is 2.01. The zero-order valence-electron chi connectivity index (χ0n) is 10.3. The molecular formula is C11H21NO3S. The van der Waals surface area contributed by atoms with Crippen LogP contribution in [0.3, 0.4) is 0 Å². The van der Waals surface area contributed by atoms with E-state index in [4.69, 9.17) is 0 Å². The van der Waals surface area contributed by atoms with Gasteiger partial charge in [0.2, 0.25) is 10.0 Å². The summed E-state index contributed by atoms with van der Waals surface area (Å²) in [7, 11) is -3.17. The van der Waals surface area contributed by atoms with Crippen LogP contribution in [0.25, 0.3) is 0 Å². The Morgan fingerprint density at radius 3 is 2.56 bits per heavy atom. The van der Waals surface area contributed by atoms with E-state index in [9.17, 15) is 13.2 Å². The summed E-state index contributed by atoms with van der Waals surface area (Å²) in [5, 5.41) is 0. The summed E-state index contributed by atoms with van der Waals surface area (Å²) in [6.07, 6.45) is 1.10. The Bertz CT molecular complexity index is 348. The lowest BCUT2D eigenvalue weighted by Gasteiger charge is -2.30. The number of piperidine rings is 1. The van der Waals surface area contributed by atoms with Crippen LogP contribution in [0.15, 0.2) is 0 Å². The van der Waals surface area contributed by atoms with Crippen molar-refractivity contribution in [3.63, 3.8) is 0 Å². The lowest BCUT2D eigenvalue weighted by molar-refractivity contribution is -0.125. The number of Topliss-reactive ketones (excluding diaryl/α,β-unsaturated/α-hetero) is 1. The van der Waals surface area contributed by atoms with Crippen molar-refractivity contribution in [2.24, 2.45) is 11.8 Å². The summed E-state index contributed by atoms with van der Waals surface area (Å²) in [5.41, 5.74) is 0. The van der Waals surface area contributed by atoms with Crippen LogP contribution in [0.2, 0.25) is 0 Å². The fraction of sp³-hybridized carbons (Fsp3) is 0.909. The van der Waals surface area contributed by atoms with Crippen molar-refractivity contribution < 1.29 is 13.2 Å². The van der Waals surface area contributed by atoms with Crippen LogP contribution in [0, 0.1) is 11.8 Å². The molecule has 1 heterocycles. The summed E-state index contributed by atoms with van der Waals surface area (Å²) in [6.45, 7) is 6.46. The summed E-state index contributed by atoms with van der Waals surface area (Å²) >= 11 is 0. The molecule has 1 rings (SSSR count). The zero-order chi connectivity index (χ0) is 12.3. The second-order valence-electron chi connectivity index (χ2n) is 4.85. The fourth-order valence-corrected chi connectivity index (χ4v) is 3.84. The van der Waals surface area contributed by atoms with Crippen LogP contribution in [0.4, 0.5) is 0 Å². The van der Waals surface area contributed by atoms with Crippen molar-refractivity contribution >= 4 is 15.8 Å². The molecule has 1 fully saturated rings. The van der Waals surface area contributed by atoms with Crippen LogP contribution in [0.1, 0.15) is 33.6 Å². The highest BCUT2D eigenvalue weighted by atomic mass is 32.2. The third-order valence-corrected chi connectivity index (χ3v) is 5.12. The molecule has 0 N–H and O–H groups in total. The monoisotopic (exact) mass is 247 g/mol. The number of carbonyl (C=O) groups is 1. The van der Waals surface area contributed by atoms with E-state index >= 15 is 0 Å².